The lowest BCUT2D eigenvalue weighted by Gasteiger charge is -2.41. The quantitative estimate of drug-likeness (QED) is 0.408. The SMILES string of the molecule is CCCC(C)NC(=O)C1N([C@@H](CO)[C@@H](C)CC)C(=O)[C@@H]2[C@@H](C(=O)NCc3ccccc3)[C@H]3CC(C)C12S3. The van der Waals surface area contributed by atoms with Gasteiger partial charge in [0.15, 0.2) is 0 Å². The maximum Gasteiger partial charge on any atom is 0.244 e. The summed E-state index contributed by atoms with van der Waals surface area (Å²) in [5, 5.41) is 16.7. The second-order valence-corrected chi connectivity index (χ2v) is 12.9. The number of carbonyl (C=O) groups excluding carboxylic acids is 3. The van der Waals surface area contributed by atoms with Gasteiger partial charge in [-0.05, 0) is 37.2 Å². The smallest absolute Gasteiger partial charge is 0.244 e. The van der Waals surface area contributed by atoms with Gasteiger partial charge in [-0.25, -0.2) is 0 Å². The maximum absolute atomic E-state index is 14.3. The van der Waals surface area contributed by atoms with Gasteiger partial charge in [0.05, 0.1) is 29.2 Å². The fourth-order valence-corrected chi connectivity index (χ4v) is 9.37. The highest BCUT2D eigenvalue weighted by molar-refractivity contribution is 8.02. The third kappa shape index (κ3) is 4.80. The molecular weight excluding hydrogens is 486 g/mol. The van der Waals surface area contributed by atoms with Gasteiger partial charge < -0.3 is 20.6 Å². The Kier molecular flexibility index (Phi) is 8.58. The molecule has 3 fully saturated rings. The van der Waals surface area contributed by atoms with Crippen molar-refractivity contribution in [3.05, 3.63) is 35.9 Å². The normalized spacial score (nSPS) is 32.6. The number of aliphatic hydroxyl groups excluding tert-OH is 1. The van der Waals surface area contributed by atoms with E-state index in [0.29, 0.717) is 6.54 Å². The summed E-state index contributed by atoms with van der Waals surface area (Å²) in [5.41, 5.74) is 1.01. The molecular formula is C29H43N3O4S. The summed E-state index contributed by atoms with van der Waals surface area (Å²) >= 11 is 1.68. The molecule has 1 spiro atoms. The molecule has 8 heteroatoms. The molecule has 2 bridgehead atoms. The minimum absolute atomic E-state index is 0.00131. The number of benzene rings is 1. The van der Waals surface area contributed by atoms with E-state index >= 15 is 0 Å². The summed E-state index contributed by atoms with van der Waals surface area (Å²) in [7, 11) is 0. The Bertz CT molecular complexity index is 991. The number of hydrogen-bond acceptors (Lipinski definition) is 5. The second-order valence-electron chi connectivity index (χ2n) is 11.3. The summed E-state index contributed by atoms with van der Waals surface area (Å²) in [6.07, 6.45) is 3.38. The van der Waals surface area contributed by atoms with Crippen LogP contribution in [0.3, 0.4) is 0 Å². The predicted molar refractivity (Wildman–Crippen MR) is 147 cm³/mol. The van der Waals surface area contributed by atoms with Gasteiger partial charge in [-0.2, -0.15) is 0 Å². The summed E-state index contributed by atoms with van der Waals surface area (Å²) in [6.45, 7) is 10.5. The standard InChI is InChI=1S/C29H43N3O4S/c1-6-11-19(5)31-27(35)25-29-18(4)14-22(37-29)23(26(34)30-15-20-12-9-8-10-13-20)24(29)28(36)32(25)21(16-33)17(3)7-2/h8-10,12-13,17-19,21-25,33H,6-7,11,14-16H2,1-5H3,(H,30,34)(H,31,35)/t17-,18?,19?,21-,22+,23-,24-,25?,29?/m0/s1. The van der Waals surface area contributed by atoms with Gasteiger partial charge in [0.25, 0.3) is 0 Å². The third-order valence-corrected chi connectivity index (χ3v) is 11.1. The Balaban J connectivity index is 1.69. The molecule has 3 aliphatic rings. The van der Waals surface area contributed by atoms with Crippen LogP contribution in [0.4, 0.5) is 0 Å². The van der Waals surface area contributed by atoms with Gasteiger partial charge in [0, 0.05) is 17.8 Å². The molecule has 3 amide bonds. The lowest BCUT2D eigenvalue weighted by atomic mass is 9.65. The van der Waals surface area contributed by atoms with Crippen molar-refractivity contribution in [2.45, 2.75) is 95.0 Å². The topological polar surface area (TPSA) is 98.7 Å². The van der Waals surface area contributed by atoms with Crippen molar-refractivity contribution in [2.24, 2.45) is 23.7 Å². The van der Waals surface area contributed by atoms with E-state index in [0.717, 1.165) is 31.2 Å². The summed E-state index contributed by atoms with van der Waals surface area (Å²) in [5.74, 6) is -1.34. The molecule has 0 radical (unpaired) electrons. The Hall–Kier alpha value is -2.06. The van der Waals surface area contributed by atoms with Crippen molar-refractivity contribution in [3.63, 3.8) is 0 Å². The lowest BCUT2D eigenvalue weighted by molar-refractivity contribution is -0.144. The van der Waals surface area contributed by atoms with Crippen molar-refractivity contribution in [1.29, 1.82) is 0 Å². The number of rotatable bonds is 11. The first-order valence-corrected chi connectivity index (χ1v) is 14.8. The first kappa shape index (κ1) is 28.0. The van der Waals surface area contributed by atoms with E-state index in [1.165, 1.54) is 0 Å². The molecule has 1 aromatic rings. The number of hydrogen-bond donors (Lipinski definition) is 3. The zero-order valence-electron chi connectivity index (χ0n) is 22.8. The molecule has 3 heterocycles. The van der Waals surface area contributed by atoms with Gasteiger partial charge in [-0.1, -0.05) is 70.9 Å². The fraction of sp³-hybridized carbons (Fsp3) is 0.690. The second kappa shape index (κ2) is 11.4. The van der Waals surface area contributed by atoms with Gasteiger partial charge in [0.1, 0.15) is 6.04 Å². The van der Waals surface area contributed by atoms with E-state index in [2.05, 4.69) is 24.5 Å². The van der Waals surface area contributed by atoms with Crippen LogP contribution in [0.2, 0.25) is 0 Å². The van der Waals surface area contributed by atoms with Crippen LogP contribution in [0.5, 0.6) is 0 Å². The Morgan fingerprint density at radius 1 is 1.19 bits per heavy atom. The molecule has 4 rings (SSSR count). The Morgan fingerprint density at radius 2 is 1.89 bits per heavy atom. The number of likely N-dealkylation sites (tertiary alicyclic amines) is 1. The predicted octanol–water partition coefficient (Wildman–Crippen LogP) is 3.35. The zero-order valence-corrected chi connectivity index (χ0v) is 23.6. The van der Waals surface area contributed by atoms with Crippen molar-refractivity contribution in [3.8, 4) is 0 Å². The first-order chi connectivity index (χ1) is 17.7. The number of nitrogens with one attached hydrogen (secondary N) is 2. The third-order valence-electron chi connectivity index (χ3n) is 9.00. The number of aliphatic hydroxyl groups is 1. The fourth-order valence-electron chi connectivity index (χ4n) is 6.96. The maximum atomic E-state index is 14.3. The van der Waals surface area contributed by atoms with Crippen molar-refractivity contribution >= 4 is 29.5 Å². The molecule has 9 atom stereocenters. The van der Waals surface area contributed by atoms with Crippen LogP contribution in [0.25, 0.3) is 0 Å². The number of amides is 3. The summed E-state index contributed by atoms with van der Waals surface area (Å²) in [6, 6.07) is 8.59. The molecule has 3 N–H and O–H groups in total. The average molecular weight is 530 g/mol. The van der Waals surface area contributed by atoms with E-state index < -0.39 is 28.7 Å². The molecule has 4 unspecified atom stereocenters. The van der Waals surface area contributed by atoms with Crippen LogP contribution in [0, 0.1) is 23.7 Å². The molecule has 3 saturated heterocycles. The Morgan fingerprint density at radius 3 is 2.51 bits per heavy atom. The van der Waals surface area contributed by atoms with Gasteiger partial charge in [-0.3, -0.25) is 14.4 Å². The monoisotopic (exact) mass is 529 g/mol. The lowest BCUT2D eigenvalue weighted by Crippen LogP contribution is -2.60. The van der Waals surface area contributed by atoms with E-state index in [4.69, 9.17) is 0 Å². The van der Waals surface area contributed by atoms with Gasteiger partial charge in [-0.15, -0.1) is 11.8 Å². The first-order valence-electron chi connectivity index (χ1n) is 13.9. The van der Waals surface area contributed by atoms with E-state index in [1.54, 1.807) is 16.7 Å². The highest BCUT2D eigenvalue weighted by Gasteiger charge is 2.76. The van der Waals surface area contributed by atoms with E-state index in [-0.39, 0.29) is 47.5 Å². The van der Waals surface area contributed by atoms with Gasteiger partial charge in [0.2, 0.25) is 17.7 Å². The molecule has 7 nitrogen and oxygen atoms in total. The summed E-state index contributed by atoms with van der Waals surface area (Å²) in [4.78, 5) is 43.6. The highest BCUT2D eigenvalue weighted by Crippen LogP contribution is 2.68. The highest BCUT2D eigenvalue weighted by atomic mass is 32.2. The summed E-state index contributed by atoms with van der Waals surface area (Å²) < 4.78 is -0.673. The molecule has 3 aliphatic heterocycles. The number of thioether (sulfide) groups is 1. The molecule has 37 heavy (non-hydrogen) atoms. The largest absolute Gasteiger partial charge is 0.394 e. The number of carbonyl (C=O) groups is 3. The van der Waals surface area contributed by atoms with Crippen LogP contribution in [0.1, 0.15) is 65.9 Å². The van der Waals surface area contributed by atoms with Crippen molar-refractivity contribution in [2.75, 3.05) is 6.61 Å². The van der Waals surface area contributed by atoms with E-state index in [9.17, 15) is 19.5 Å². The molecule has 0 saturated carbocycles. The molecule has 1 aromatic carbocycles. The Labute approximate surface area is 225 Å². The average Bonchev–Trinajstić information content (AvgIpc) is 3.47. The van der Waals surface area contributed by atoms with Crippen LogP contribution in [-0.2, 0) is 20.9 Å². The molecule has 0 aliphatic carbocycles. The van der Waals surface area contributed by atoms with Crippen LogP contribution >= 0.6 is 11.8 Å². The van der Waals surface area contributed by atoms with Crippen molar-refractivity contribution < 1.29 is 19.5 Å². The van der Waals surface area contributed by atoms with Crippen molar-refractivity contribution in [1.82, 2.24) is 15.5 Å². The number of nitrogens with zero attached hydrogens (tertiary/aromatic N) is 1. The van der Waals surface area contributed by atoms with Crippen LogP contribution in [0.15, 0.2) is 30.3 Å². The molecule has 204 valence electrons. The van der Waals surface area contributed by atoms with Gasteiger partial charge >= 0.3 is 0 Å². The molecule has 0 aromatic heterocycles. The number of fused-ring (bicyclic) bond motifs is 1. The van der Waals surface area contributed by atoms with Crippen LogP contribution in [-0.4, -0.2) is 62.5 Å². The zero-order chi connectivity index (χ0) is 26.9. The van der Waals surface area contributed by atoms with Crippen LogP contribution < -0.4 is 10.6 Å². The minimum atomic E-state index is -0.702. The van der Waals surface area contributed by atoms with E-state index in [1.807, 2.05) is 51.1 Å². The minimum Gasteiger partial charge on any atom is -0.394 e.